The minimum Gasteiger partial charge on any atom is -0.463 e. The molecule has 1 rings (SSSR count). The third kappa shape index (κ3) is 3.91. The molecule has 0 aromatic heterocycles. The van der Waals surface area contributed by atoms with Gasteiger partial charge in [-0.2, -0.15) is 0 Å². The third-order valence-electron chi connectivity index (χ3n) is 3.55. The second-order valence-electron chi connectivity index (χ2n) is 5.22. The highest BCUT2D eigenvalue weighted by molar-refractivity contribution is 5.32. The van der Waals surface area contributed by atoms with Gasteiger partial charge in [0.1, 0.15) is 5.75 Å². The maximum Gasteiger partial charge on any atom is 0.228 e. The summed E-state index contributed by atoms with van der Waals surface area (Å²) in [5, 5.41) is 10.9. The molecule has 1 aromatic rings. The number of hydrogen-bond acceptors (Lipinski definition) is 3. The van der Waals surface area contributed by atoms with Crippen molar-refractivity contribution in [1.82, 2.24) is 4.90 Å². The van der Waals surface area contributed by atoms with Crippen LogP contribution in [-0.4, -0.2) is 37.5 Å². The molecule has 1 aromatic carbocycles. The average Bonchev–Trinajstić information content (AvgIpc) is 2.37. The summed E-state index contributed by atoms with van der Waals surface area (Å²) in [5.74, 6) is 0.511. The molecule has 0 unspecified atom stereocenters. The Kier molecular flexibility index (Phi) is 5.76. The Balaban J connectivity index is 3.03. The lowest BCUT2D eigenvalue weighted by Gasteiger charge is -2.35. The van der Waals surface area contributed by atoms with Gasteiger partial charge >= 0.3 is 0 Å². The predicted molar refractivity (Wildman–Crippen MR) is 75.0 cm³/mol. The van der Waals surface area contributed by atoms with E-state index in [1.165, 1.54) is 0 Å². The van der Waals surface area contributed by atoms with Gasteiger partial charge in [-0.3, -0.25) is 0 Å². The van der Waals surface area contributed by atoms with Gasteiger partial charge in [-0.1, -0.05) is 26.0 Å². The van der Waals surface area contributed by atoms with Crippen molar-refractivity contribution in [2.75, 3.05) is 27.5 Å². The van der Waals surface area contributed by atoms with Crippen LogP contribution < -0.4 is 4.74 Å². The van der Waals surface area contributed by atoms with Gasteiger partial charge in [-0.05, 0) is 38.2 Å². The average molecular weight is 269 g/mol. The summed E-state index contributed by atoms with van der Waals surface area (Å²) in [6.45, 7) is 3.89. The summed E-state index contributed by atoms with van der Waals surface area (Å²) >= 11 is 0. The van der Waals surface area contributed by atoms with E-state index >= 15 is 0 Å². The van der Waals surface area contributed by atoms with E-state index in [0.29, 0.717) is 12.2 Å². The monoisotopic (exact) mass is 269 g/mol. The maximum atomic E-state index is 12.2. The van der Waals surface area contributed by atoms with Crippen LogP contribution >= 0.6 is 0 Å². The molecule has 0 aliphatic rings. The van der Waals surface area contributed by atoms with E-state index in [-0.39, 0.29) is 5.92 Å². The molecule has 3 nitrogen and oxygen atoms in total. The first-order valence-electron chi connectivity index (χ1n) is 6.60. The summed E-state index contributed by atoms with van der Waals surface area (Å²) in [4.78, 5) is 2.05. The topological polar surface area (TPSA) is 32.7 Å². The third-order valence-corrected chi connectivity index (χ3v) is 3.55. The normalized spacial score (nSPS) is 16.2. The Morgan fingerprint density at radius 1 is 1.42 bits per heavy atom. The van der Waals surface area contributed by atoms with Crippen molar-refractivity contribution >= 4 is 0 Å². The second-order valence-corrected chi connectivity index (χ2v) is 5.22. The number of nitrogens with zero attached hydrogens (tertiary/aromatic N) is 1. The lowest BCUT2D eigenvalue weighted by atomic mass is 9.80. The fraction of sp³-hybridized carbons (Fsp3) is 0.600. The molecule has 1 N–H and O–H groups in total. The Morgan fingerprint density at radius 2 is 2.11 bits per heavy atom. The van der Waals surface area contributed by atoms with Gasteiger partial charge in [0.15, 0.2) is 0 Å². The number of rotatable bonds is 7. The van der Waals surface area contributed by atoms with Crippen molar-refractivity contribution in [3.8, 4) is 5.75 Å². The van der Waals surface area contributed by atoms with Gasteiger partial charge in [-0.15, -0.1) is 0 Å². The highest BCUT2D eigenvalue weighted by Gasteiger charge is 2.34. The molecular formula is C15H24FNO2. The molecule has 0 saturated heterocycles. The molecule has 0 saturated carbocycles. The van der Waals surface area contributed by atoms with Crippen LogP contribution in [-0.2, 0) is 5.60 Å². The molecule has 108 valence electrons. The van der Waals surface area contributed by atoms with Crippen molar-refractivity contribution in [2.24, 2.45) is 5.92 Å². The first-order chi connectivity index (χ1) is 8.93. The van der Waals surface area contributed by atoms with Crippen LogP contribution in [0.25, 0.3) is 0 Å². The summed E-state index contributed by atoms with van der Waals surface area (Å²) in [6, 6.07) is 7.05. The first-order valence-corrected chi connectivity index (χ1v) is 6.60. The van der Waals surface area contributed by atoms with Crippen LogP contribution in [0, 0.1) is 5.92 Å². The van der Waals surface area contributed by atoms with Gasteiger partial charge in [0.25, 0.3) is 0 Å². The van der Waals surface area contributed by atoms with Crippen molar-refractivity contribution in [1.29, 1.82) is 0 Å². The Bertz CT molecular complexity index is 397. The molecule has 2 atom stereocenters. The highest BCUT2D eigenvalue weighted by atomic mass is 19.1. The van der Waals surface area contributed by atoms with Crippen molar-refractivity contribution in [3.63, 3.8) is 0 Å². The number of ether oxygens (including phenoxy) is 1. The highest BCUT2D eigenvalue weighted by Crippen LogP contribution is 2.35. The molecule has 0 amide bonds. The van der Waals surface area contributed by atoms with Crippen LogP contribution in [0.2, 0.25) is 0 Å². The van der Waals surface area contributed by atoms with Crippen molar-refractivity contribution < 1.29 is 14.2 Å². The van der Waals surface area contributed by atoms with E-state index < -0.39 is 12.5 Å². The van der Waals surface area contributed by atoms with Crippen LogP contribution in [0.3, 0.4) is 0 Å². The summed E-state index contributed by atoms with van der Waals surface area (Å²) in [5.41, 5.74) is -0.157. The number of aliphatic hydroxyl groups is 1. The molecule has 4 heteroatoms. The lowest BCUT2D eigenvalue weighted by molar-refractivity contribution is -0.0294. The molecule has 0 aliphatic carbocycles. The Hall–Kier alpha value is -1.13. The molecule has 0 spiro atoms. The van der Waals surface area contributed by atoms with Gasteiger partial charge < -0.3 is 14.7 Å². The van der Waals surface area contributed by atoms with E-state index in [1.807, 2.05) is 38.9 Å². The van der Waals surface area contributed by atoms with Gasteiger partial charge in [0.05, 0.1) is 5.60 Å². The number of benzene rings is 1. The standard InChI is InChI=1S/C15H24FNO2/c1-5-15(18,12(2)10-17(3)4)13-7-6-8-14(9-13)19-11-16/h6-9,12,18H,5,10-11H2,1-4H3/t12-,15+/m0/s1. The SMILES string of the molecule is CC[C@](O)(c1cccc(OCF)c1)[C@@H](C)CN(C)C. The Morgan fingerprint density at radius 3 is 2.63 bits per heavy atom. The van der Waals surface area contributed by atoms with Crippen LogP contribution in [0.15, 0.2) is 24.3 Å². The van der Waals surface area contributed by atoms with E-state index in [1.54, 1.807) is 18.2 Å². The molecule has 0 radical (unpaired) electrons. The minimum absolute atomic E-state index is 0.0631. The number of alkyl halides is 1. The summed E-state index contributed by atoms with van der Waals surface area (Å²) < 4.78 is 17.1. The number of hydrogen-bond donors (Lipinski definition) is 1. The van der Waals surface area contributed by atoms with Gasteiger partial charge in [0, 0.05) is 12.5 Å². The molecule has 0 aliphatic heterocycles. The lowest BCUT2D eigenvalue weighted by Crippen LogP contribution is -2.38. The number of halogens is 1. The van der Waals surface area contributed by atoms with Crippen LogP contribution in [0.4, 0.5) is 4.39 Å². The molecule has 0 fully saturated rings. The maximum absolute atomic E-state index is 12.2. The van der Waals surface area contributed by atoms with Gasteiger partial charge in [-0.25, -0.2) is 4.39 Å². The zero-order valence-electron chi connectivity index (χ0n) is 12.2. The van der Waals surface area contributed by atoms with Crippen LogP contribution in [0.1, 0.15) is 25.8 Å². The van der Waals surface area contributed by atoms with E-state index in [9.17, 15) is 9.50 Å². The molecule has 0 heterocycles. The second kappa shape index (κ2) is 6.87. The van der Waals surface area contributed by atoms with Crippen LogP contribution in [0.5, 0.6) is 5.75 Å². The first kappa shape index (κ1) is 15.9. The smallest absolute Gasteiger partial charge is 0.228 e. The quantitative estimate of drug-likeness (QED) is 0.826. The van der Waals surface area contributed by atoms with Gasteiger partial charge in [0.2, 0.25) is 6.86 Å². The molecule has 19 heavy (non-hydrogen) atoms. The van der Waals surface area contributed by atoms with E-state index in [0.717, 1.165) is 12.1 Å². The summed E-state index contributed by atoms with van der Waals surface area (Å²) in [6.07, 6.45) is 0.598. The van der Waals surface area contributed by atoms with E-state index in [2.05, 4.69) is 0 Å². The van der Waals surface area contributed by atoms with Crippen molar-refractivity contribution in [3.05, 3.63) is 29.8 Å². The zero-order valence-corrected chi connectivity index (χ0v) is 12.2. The Labute approximate surface area is 115 Å². The van der Waals surface area contributed by atoms with E-state index in [4.69, 9.17) is 4.74 Å². The molecular weight excluding hydrogens is 245 g/mol. The minimum atomic E-state index is -0.931. The summed E-state index contributed by atoms with van der Waals surface area (Å²) in [7, 11) is 3.96. The fourth-order valence-corrected chi connectivity index (χ4v) is 2.45. The zero-order chi connectivity index (χ0) is 14.5. The predicted octanol–water partition coefficient (Wildman–Crippen LogP) is 2.79. The fourth-order valence-electron chi connectivity index (χ4n) is 2.45. The largest absolute Gasteiger partial charge is 0.463 e. The van der Waals surface area contributed by atoms with Crippen molar-refractivity contribution in [2.45, 2.75) is 25.9 Å². The molecule has 0 bridgehead atoms.